The number of thiophene rings is 1. The predicted octanol–water partition coefficient (Wildman–Crippen LogP) is 5.60. The van der Waals surface area contributed by atoms with Crippen LogP contribution in [0.4, 0.5) is 22.0 Å². The van der Waals surface area contributed by atoms with Crippen LogP contribution in [0.15, 0.2) is 66.2 Å². The molecule has 0 fully saturated rings. The fourth-order valence-electron chi connectivity index (χ4n) is 3.48. The number of nitrogen functional groups attached to an aromatic ring is 1. The topological polar surface area (TPSA) is 100 Å². The molecule has 172 valence electrons. The number of nitrogens with zero attached hydrogens (tertiary/aromatic N) is 2. The number of likely N-dealkylation sites (N-methyl/N-ethyl adjacent to an activating group) is 1. The Balaban J connectivity index is 1.55. The Kier molecular flexibility index (Phi) is 6.60. The highest BCUT2D eigenvalue weighted by Crippen LogP contribution is 2.39. The van der Waals surface area contributed by atoms with E-state index >= 15 is 0 Å². The van der Waals surface area contributed by atoms with Crippen molar-refractivity contribution in [2.45, 2.75) is 6.92 Å². The van der Waals surface area contributed by atoms with E-state index in [1.165, 1.54) is 11.0 Å². The Labute approximate surface area is 201 Å². The zero-order chi connectivity index (χ0) is 24.2. The smallest absolute Gasteiger partial charge is 0.323 e. The number of urea groups is 1. The maximum Gasteiger partial charge on any atom is 0.323 e. The van der Waals surface area contributed by atoms with Crippen molar-refractivity contribution >= 4 is 56.6 Å². The van der Waals surface area contributed by atoms with Crippen LogP contribution in [0, 0.1) is 6.92 Å². The summed E-state index contributed by atoms with van der Waals surface area (Å²) in [4.78, 5) is 30.1. The van der Waals surface area contributed by atoms with Crippen molar-refractivity contribution in [3.63, 3.8) is 0 Å². The number of fused-ring (bicyclic) bond motifs is 1. The van der Waals surface area contributed by atoms with Crippen LogP contribution in [0.1, 0.15) is 11.1 Å². The van der Waals surface area contributed by atoms with Crippen molar-refractivity contribution < 1.29 is 9.59 Å². The van der Waals surface area contributed by atoms with Gasteiger partial charge in [-0.25, -0.2) is 9.78 Å². The first-order valence-corrected chi connectivity index (χ1v) is 11.5. The van der Waals surface area contributed by atoms with Gasteiger partial charge >= 0.3 is 6.03 Å². The van der Waals surface area contributed by atoms with Crippen LogP contribution in [-0.4, -0.2) is 35.9 Å². The van der Waals surface area contributed by atoms with E-state index in [-0.39, 0.29) is 11.9 Å². The number of pyridine rings is 1. The van der Waals surface area contributed by atoms with Crippen LogP contribution in [0.2, 0.25) is 0 Å². The van der Waals surface area contributed by atoms with Crippen molar-refractivity contribution in [1.29, 1.82) is 0 Å². The molecular formula is C26H25N5O2S. The molecule has 0 unspecified atom stereocenters. The molecule has 2 aromatic heterocycles. The minimum Gasteiger partial charge on any atom is -0.383 e. The second-order valence-corrected chi connectivity index (χ2v) is 8.92. The standard InChI is InChI=1S/C26H25N5O2S/c1-16-5-4-6-20(13-16)30-26(33)29-19-10-7-17(8-11-19)21-15-34-24-18(9-12-22(32)31(2)3)14-28-25(27)23(21)24/h4-15H,1-3H3,(H2,27,28)(H2,29,30,33)/b12-9+. The lowest BCUT2D eigenvalue weighted by atomic mass is 10.0. The molecule has 4 rings (SSSR count). The van der Waals surface area contributed by atoms with Crippen LogP contribution in [0.5, 0.6) is 0 Å². The van der Waals surface area contributed by atoms with E-state index in [0.29, 0.717) is 11.5 Å². The first-order chi connectivity index (χ1) is 16.3. The van der Waals surface area contributed by atoms with Crippen LogP contribution in [0.3, 0.4) is 0 Å². The summed E-state index contributed by atoms with van der Waals surface area (Å²) in [5.41, 5.74) is 11.4. The Morgan fingerprint density at radius 3 is 2.50 bits per heavy atom. The minimum absolute atomic E-state index is 0.101. The van der Waals surface area contributed by atoms with Crippen molar-refractivity contribution in [3.05, 3.63) is 77.3 Å². The highest BCUT2D eigenvalue weighted by molar-refractivity contribution is 7.18. The lowest BCUT2D eigenvalue weighted by Crippen LogP contribution is -2.19. The van der Waals surface area contributed by atoms with Crippen molar-refractivity contribution in [2.75, 3.05) is 30.5 Å². The van der Waals surface area contributed by atoms with Gasteiger partial charge < -0.3 is 21.3 Å². The van der Waals surface area contributed by atoms with Gasteiger partial charge in [-0.15, -0.1) is 11.3 Å². The molecule has 2 heterocycles. The normalized spacial score (nSPS) is 11.0. The summed E-state index contributed by atoms with van der Waals surface area (Å²) in [7, 11) is 3.41. The number of carbonyl (C=O) groups is 2. The highest BCUT2D eigenvalue weighted by Gasteiger charge is 2.14. The molecule has 0 aliphatic heterocycles. The molecule has 0 atom stereocenters. The first-order valence-electron chi connectivity index (χ1n) is 10.6. The summed E-state index contributed by atoms with van der Waals surface area (Å²) in [6.45, 7) is 1.97. The zero-order valence-corrected chi connectivity index (χ0v) is 19.9. The van der Waals surface area contributed by atoms with Crippen LogP contribution >= 0.6 is 11.3 Å². The highest BCUT2D eigenvalue weighted by atomic mass is 32.1. The molecule has 2 aromatic carbocycles. The lowest BCUT2D eigenvalue weighted by Gasteiger charge is -2.09. The number of rotatable bonds is 5. The predicted molar refractivity (Wildman–Crippen MR) is 141 cm³/mol. The number of hydrogen-bond acceptors (Lipinski definition) is 5. The van der Waals surface area contributed by atoms with Gasteiger partial charge in [0.15, 0.2) is 0 Å². The SMILES string of the molecule is Cc1cccc(NC(=O)Nc2ccc(-c3csc4c(/C=C/C(=O)N(C)C)cnc(N)c34)cc2)c1. The van der Waals surface area contributed by atoms with Gasteiger partial charge in [0.05, 0.1) is 0 Å². The second kappa shape index (κ2) is 9.76. The number of carbonyl (C=O) groups excluding carboxylic acids is 2. The molecule has 7 nitrogen and oxygen atoms in total. The molecule has 0 aliphatic rings. The average molecular weight is 472 g/mol. The summed E-state index contributed by atoms with van der Waals surface area (Å²) in [6, 6.07) is 14.9. The van der Waals surface area contributed by atoms with Gasteiger partial charge in [-0.2, -0.15) is 0 Å². The van der Waals surface area contributed by atoms with Crippen molar-refractivity contribution in [2.24, 2.45) is 0 Å². The fraction of sp³-hybridized carbons (Fsp3) is 0.115. The van der Waals surface area contributed by atoms with Gasteiger partial charge in [-0.05, 0) is 53.8 Å². The maximum absolute atomic E-state index is 12.3. The number of benzene rings is 2. The van der Waals surface area contributed by atoms with E-state index in [9.17, 15) is 9.59 Å². The van der Waals surface area contributed by atoms with Gasteiger partial charge in [0, 0.05) is 59.0 Å². The van der Waals surface area contributed by atoms with Crippen molar-refractivity contribution in [1.82, 2.24) is 9.88 Å². The van der Waals surface area contributed by atoms with E-state index in [0.717, 1.165) is 38.0 Å². The summed E-state index contributed by atoms with van der Waals surface area (Å²) in [5.74, 6) is 0.332. The van der Waals surface area contributed by atoms with E-state index in [4.69, 9.17) is 5.73 Å². The van der Waals surface area contributed by atoms with Crippen LogP contribution in [0.25, 0.3) is 27.3 Å². The lowest BCUT2D eigenvalue weighted by molar-refractivity contribution is -0.123. The molecule has 3 amide bonds. The molecule has 4 aromatic rings. The third-order valence-corrected chi connectivity index (χ3v) is 6.26. The summed E-state index contributed by atoms with van der Waals surface area (Å²) < 4.78 is 0.963. The van der Waals surface area contributed by atoms with Gasteiger partial charge in [0.25, 0.3) is 0 Å². The molecule has 0 saturated carbocycles. The Hall–Kier alpha value is -4.17. The number of aryl methyl sites for hydroxylation is 1. The van der Waals surface area contributed by atoms with E-state index < -0.39 is 0 Å². The number of amides is 3. The minimum atomic E-state index is -0.309. The third kappa shape index (κ3) is 5.07. The van der Waals surface area contributed by atoms with Crippen LogP contribution < -0.4 is 16.4 Å². The summed E-state index contributed by atoms with van der Waals surface area (Å²) in [6.07, 6.45) is 4.96. The van der Waals surface area contributed by atoms with E-state index in [1.54, 1.807) is 37.7 Å². The molecular weight excluding hydrogens is 446 g/mol. The third-order valence-electron chi connectivity index (χ3n) is 5.23. The molecule has 4 N–H and O–H groups in total. The molecule has 0 radical (unpaired) electrons. The molecule has 0 bridgehead atoms. The van der Waals surface area contributed by atoms with Crippen LogP contribution in [-0.2, 0) is 4.79 Å². The van der Waals surface area contributed by atoms with Gasteiger partial charge in [0.1, 0.15) is 5.82 Å². The number of nitrogens with one attached hydrogen (secondary N) is 2. The Morgan fingerprint density at radius 1 is 1.06 bits per heavy atom. The monoisotopic (exact) mass is 471 g/mol. The molecule has 34 heavy (non-hydrogen) atoms. The first kappa shape index (κ1) is 23.0. The van der Waals surface area contributed by atoms with E-state index in [1.807, 2.05) is 60.8 Å². The number of nitrogens with two attached hydrogens (primary N) is 1. The van der Waals surface area contributed by atoms with Crippen molar-refractivity contribution in [3.8, 4) is 11.1 Å². The number of anilines is 3. The molecule has 0 aliphatic carbocycles. The zero-order valence-electron chi connectivity index (χ0n) is 19.1. The Morgan fingerprint density at radius 2 is 1.79 bits per heavy atom. The van der Waals surface area contributed by atoms with E-state index in [2.05, 4.69) is 15.6 Å². The van der Waals surface area contributed by atoms with Gasteiger partial charge in [0.2, 0.25) is 5.91 Å². The van der Waals surface area contributed by atoms with Gasteiger partial charge in [-0.3, -0.25) is 4.79 Å². The Bertz CT molecular complexity index is 1390. The average Bonchev–Trinajstić information content (AvgIpc) is 3.25. The second-order valence-electron chi connectivity index (χ2n) is 8.04. The molecule has 0 saturated heterocycles. The maximum atomic E-state index is 12.3. The van der Waals surface area contributed by atoms with Gasteiger partial charge in [-0.1, -0.05) is 24.3 Å². The number of aromatic nitrogens is 1. The fourth-order valence-corrected chi connectivity index (χ4v) is 4.56. The quantitative estimate of drug-likeness (QED) is 0.330. The number of hydrogen-bond donors (Lipinski definition) is 3. The molecule has 0 spiro atoms. The summed E-state index contributed by atoms with van der Waals surface area (Å²) >= 11 is 1.55. The molecule has 8 heteroatoms. The largest absolute Gasteiger partial charge is 0.383 e. The summed E-state index contributed by atoms with van der Waals surface area (Å²) in [5, 5.41) is 8.56.